The van der Waals surface area contributed by atoms with Crippen molar-refractivity contribution in [2.24, 2.45) is 0 Å². The molecule has 20 heavy (non-hydrogen) atoms. The van der Waals surface area contributed by atoms with Gasteiger partial charge in [0, 0.05) is 11.0 Å². The molecule has 0 unspecified atom stereocenters. The maximum atomic E-state index is 12.1. The molecule has 0 aliphatic carbocycles. The Hall–Kier alpha value is -1.21. The number of rotatable bonds is 5. The number of aliphatic hydroxyl groups excluding tert-OH is 1. The van der Waals surface area contributed by atoms with E-state index in [-0.39, 0.29) is 11.4 Å². The van der Waals surface area contributed by atoms with E-state index in [2.05, 4.69) is 20.7 Å². The van der Waals surface area contributed by atoms with Gasteiger partial charge in [-0.25, -0.2) is 13.1 Å². The minimum absolute atomic E-state index is 0.0757. The molecule has 0 aromatic heterocycles. The van der Waals surface area contributed by atoms with E-state index in [1.165, 1.54) is 6.07 Å². The Balaban J connectivity index is 2.09. The first-order chi connectivity index (χ1) is 9.50. The molecule has 4 nitrogen and oxygen atoms in total. The molecule has 0 saturated carbocycles. The van der Waals surface area contributed by atoms with E-state index in [0.29, 0.717) is 10.0 Å². The number of halogens is 1. The molecule has 6 heteroatoms. The minimum Gasteiger partial charge on any atom is -0.387 e. The molecular weight excluding hydrogens is 342 g/mol. The Kier molecular flexibility index (Phi) is 4.93. The number of sulfonamides is 1. The number of aliphatic hydroxyl groups is 1. The van der Waals surface area contributed by atoms with Gasteiger partial charge in [-0.3, -0.25) is 0 Å². The van der Waals surface area contributed by atoms with Crippen molar-refractivity contribution in [3.05, 3.63) is 64.6 Å². The topological polar surface area (TPSA) is 66.4 Å². The predicted molar refractivity (Wildman–Crippen MR) is 80.7 cm³/mol. The smallest absolute Gasteiger partial charge is 0.241 e. The van der Waals surface area contributed by atoms with Crippen LogP contribution in [0.2, 0.25) is 0 Å². The average molecular weight is 356 g/mol. The average Bonchev–Trinajstić information content (AvgIpc) is 2.46. The molecule has 0 heterocycles. The normalized spacial score (nSPS) is 13.1. The van der Waals surface area contributed by atoms with Gasteiger partial charge in [-0.05, 0) is 33.6 Å². The lowest BCUT2D eigenvalue weighted by molar-refractivity contribution is 0.182. The first kappa shape index (κ1) is 15.2. The zero-order chi connectivity index (χ0) is 14.6. The van der Waals surface area contributed by atoms with Gasteiger partial charge in [0.05, 0.1) is 11.0 Å². The second-order valence-electron chi connectivity index (χ2n) is 4.21. The summed E-state index contributed by atoms with van der Waals surface area (Å²) >= 11 is 3.20. The van der Waals surface area contributed by atoms with Crippen molar-refractivity contribution < 1.29 is 13.5 Å². The summed E-state index contributed by atoms with van der Waals surface area (Å²) in [6.07, 6.45) is -0.881. The number of nitrogens with one attached hydrogen (secondary N) is 1. The van der Waals surface area contributed by atoms with Gasteiger partial charge in [-0.15, -0.1) is 0 Å². The number of hydrogen-bond acceptors (Lipinski definition) is 3. The third kappa shape index (κ3) is 3.67. The lowest BCUT2D eigenvalue weighted by Gasteiger charge is -2.13. The summed E-state index contributed by atoms with van der Waals surface area (Å²) in [7, 11) is -3.65. The summed E-state index contributed by atoms with van der Waals surface area (Å²) < 4.78 is 27.2. The van der Waals surface area contributed by atoms with E-state index < -0.39 is 16.1 Å². The van der Waals surface area contributed by atoms with Crippen molar-refractivity contribution in [2.75, 3.05) is 6.54 Å². The van der Waals surface area contributed by atoms with Crippen LogP contribution in [0.4, 0.5) is 0 Å². The molecule has 0 spiro atoms. The van der Waals surface area contributed by atoms with Crippen LogP contribution in [-0.2, 0) is 10.0 Å². The summed E-state index contributed by atoms with van der Waals surface area (Å²) in [5.74, 6) is 0. The fourth-order valence-corrected chi connectivity index (χ4v) is 3.76. The first-order valence-corrected chi connectivity index (χ1v) is 8.25. The summed E-state index contributed by atoms with van der Waals surface area (Å²) in [5.41, 5.74) is 0.669. The Labute approximate surface area is 126 Å². The molecule has 0 fully saturated rings. The number of hydrogen-bond donors (Lipinski definition) is 2. The molecule has 2 N–H and O–H groups in total. The zero-order valence-electron chi connectivity index (χ0n) is 10.5. The van der Waals surface area contributed by atoms with Crippen LogP contribution in [0.3, 0.4) is 0 Å². The van der Waals surface area contributed by atoms with Crippen LogP contribution in [0.1, 0.15) is 11.7 Å². The summed E-state index contributed by atoms with van der Waals surface area (Å²) in [5, 5.41) is 9.96. The molecule has 2 aromatic rings. The molecule has 0 radical (unpaired) electrons. The predicted octanol–water partition coefficient (Wildman–Crippen LogP) is 2.46. The van der Waals surface area contributed by atoms with Gasteiger partial charge in [-0.2, -0.15) is 0 Å². The first-order valence-electron chi connectivity index (χ1n) is 5.98. The molecule has 0 bridgehead atoms. The molecule has 0 aliphatic heterocycles. The maximum Gasteiger partial charge on any atom is 0.241 e. The third-order valence-corrected chi connectivity index (χ3v) is 5.21. The summed E-state index contributed by atoms with van der Waals surface area (Å²) in [4.78, 5) is 0.153. The molecule has 2 rings (SSSR count). The molecule has 0 aliphatic rings. The van der Waals surface area contributed by atoms with Crippen LogP contribution in [0.5, 0.6) is 0 Å². The van der Waals surface area contributed by atoms with Crippen LogP contribution in [0.15, 0.2) is 64.0 Å². The van der Waals surface area contributed by atoms with E-state index in [9.17, 15) is 13.5 Å². The van der Waals surface area contributed by atoms with Crippen molar-refractivity contribution in [1.29, 1.82) is 0 Å². The van der Waals surface area contributed by atoms with Crippen LogP contribution >= 0.6 is 15.9 Å². The van der Waals surface area contributed by atoms with Crippen molar-refractivity contribution in [2.45, 2.75) is 11.0 Å². The monoisotopic (exact) mass is 355 g/mol. The standard InChI is InChI=1S/C14H14BrNO3S/c15-12-8-4-5-9-14(12)20(18,19)16-10-13(17)11-6-2-1-3-7-11/h1-9,13,16-17H,10H2/t13-/m0/s1. The fourth-order valence-electron chi connectivity index (χ4n) is 1.72. The molecule has 1 atom stereocenters. The van der Waals surface area contributed by atoms with E-state index in [1.807, 2.05) is 6.07 Å². The van der Waals surface area contributed by atoms with Gasteiger partial charge in [0.2, 0.25) is 10.0 Å². The Bertz CT molecular complexity index is 674. The summed E-state index contributed by atoms with van der Waals surface area (Å²) in [6, 6.07) is 15.5. The number of benzene rings is 2. The second kappa shape index (κ2) is 6.49. The van der Waals surface area contributed by atoms with Crippen LogP contribution < -0.4 is 4.72 Å². The van der Waals surface area contributed by atoms with Gasteiger partial charge in [0.1, 0.15) is 0 Å². The van der Waals surface area contributed by atoms with Crippen molar-refractivity contribution in [1.82, 2.24) is 4.72 Å². The Morgan fingerprint density at radius 2 is 1.65 bits per heavy atom. The quantitative estimate of drug-likeness (QED) is 0.865. The highest BCUT2D eigenvalue weighted by atomic mass is 79.9. The van der Waals surface area contributed by atoms with Gasteiger partial charge in [0.25, 0.3) is 0 Å². The third-order valence-electron chi connectivity index (χ3n) is 2.78. The Morgan fingerprint density at radius 1 is 1.05 bits per heavy atom. The van der Waals surface area contributed by atoms with Gasteiger partial charge >= 0.3 is 0 Å². The largest absolute Gasteiger partial charge is 0.387 e. The molecule has 106 valence electrons. The highest BCUT2D eigenvalue weighted by Gasteiger charge is 2.18. The van der Waals surface area contributed by atoms with E-state index in [1.54, 1.807) is 42.5 Å². The van der Waals surface area contributed by atoms with Crippen molar-refractivity contribution in [3.63, 3.8) is 0 Å². The van der Waals surface area contributed by atoms with E-state index in [0.717, 1.165) is 0 Å². The fraction of sp³-hybridized carbons (Fsp3) is 0.143. The lowest BCUT2D eigenvalue weighted by Crippen LogP contribution is -2.28. The van der Waals surface area contributed by atoms with Crippen molar-refractivity contribution >= 4 is 26.0 Å². The molecule has 0 amide bonds. The van der Waals surface area contributed by atoms with Gasteiger partial charge < -0.3 is 5.11 Å². The van der Waals surface area contributed by atoms with Crippen LogP contribution in [-0.4, -0.2) is 20.1 Å². The second-order valence-corrected chi connectivity index (χ2v) is 6.80. The minimum atomic E-state index is -3.65. The van der Waals surface area contributed by atoms with E-state index in [4.69, 9.17) is 0 Å². The van der Waals surface area contributed by atoms with Crippen LogP contribution in [0, 0.1) is 0 Å². The summed E-state index contributed by atoms with van der Waals surface area (Å²) in [6.45, 7) is -0.0757. The van der Waals surface area contributed by atoms with Gasteiger partial charge in [-0.1, -0.05) is 42.5 Å². The molecular formula is C14H14BrNO3S. The van der Waals surface area contributed by atoms with E-state index >= 15 is 0 Å². The highest BCUT2D eigenvalue weighted by Crippen LogP contribution is 2.21. The van der Waals surface area contributed by atoms with Crippen LogP contribution in [0.25, 0.3) is 0 Å². The SMILES string of the molecule is O=S(=O)(NC[C@H](O)c1ccccc1)c1ccccc1Br. The molecule has 0 saturated heterocycles. The molecule has 2 aromatic carbocycles. The van der Waals surface area contributed by atoms with Gasteiger partial charge in [0.15, 0.2) is 0 Å². The Morgan fingerprint density at radius 3 is 2.30 bits per heavy atom. The maximum absolute atomic E-state index is 12.1. The lowest BCUT2D eigenvalue weighted by atomic mass is 10.1. The zero-order valence-corrected chi connectivity index (χ0v) is 12.9. The van der Waals surface area contributed by atoms with Crippen molar-refractivity contribution in [3.8, 4) is 0 Å². The highest BCUT2D eigenvalue weighted by molar-refractivity contribution is 9.10.